The highest BCUT2D eigenvalue weighted by Crippen LogP contribution is 2.10. The number of alkyl halides is 1. The molecule has 0 aromatic heterocycles. The van der Waals surface area contributed by atoms with E-state index in [1.165, 1.54) is 6.08 Å². The smallest absolute Gasteiger partial charge is 0.120 e. The van der Waals surface area contributed by atoms with Crippen LogP contribution < -0.4 is 0 Å². The van der Waals surface area contributed by atoms with E-state index in [9.17, 15) is 8.78 Å². The minimum atomic E-state index is -0.723. The summed E-state index contributed by atoms with van der Waals surface area (Å²) in [5, 5.41) is 0. The molecular formula is C18H30F2N2. The van der Waals surface area contributed by atoms with Crippen molar-refractivity contribution in [3.63, 3.8) is 0 Å². The van der Waals surface area contributed by atoms with E-state index in [-0.39, 0.29) is 5.83 Å². The van der Waals surface area contributed by atoms with Crippen LogP contribution in [-0.4, -0.2) is 54.2 Å². The van der Waals surface area contributed by atoms with Gasteiger partial charge in [0.25, 0.3) is 0 Å². The molecule has 1 unspecified atom stereocenters. The van der Waals surface area contributed by atoms with Gasteiger partial charge in [0.2, 0.25) is 0 Å². The third-order valence-electron chi connectivity index (χ3n) is 3.94. The molecule has 2 aliphatic rings. The summed E-state index contributed by atoms with van der Waals surface area (Å²) < 4.78 is 25.6. The fourth-order valence-corrected chi connectivity index (χ4v) is 2.36. The molecule has 22 heavy (non-hydrogen) atoms. The average Bonchev–Trinajstić information content (AvgIpc) is 2.79. The third-order valence-corrected chi connectivity index (χ3v) is 3.94. The van der Waals surface area contributed by atoms with Gasteiger partial charge >= 0.3 is 0 Å². The summed E-state index contributed by atoms with van der Waals surface area (Å²) in [6.45, 7) is 11.5. The van der Waals surface area contributed by atoms with Crippen LogP contribution in [0.2, 0.25) is 0 Å². The first-order valence-corrected chi connectivity index (χ1v) is 8.20. The van der Waals surface area contributed by atoms with Crippen LogP contribution in [0.3, 0.4) is 0 Å². The zero-order chi connectivity index (χ0) is 16.5. The summed E-state index contributed by atoms with van der Waals surface area (Å²) in [6, 6.07) is 0.946. The quantitative estimate of drug-likeness (QED) is 0.708. The molecule has 0 saturated carbocycles. The number of hydrogen-bond acceptors (Lipinski definition) is 2. The fourth-order valence-electron chi connectivity index (χ4n) is 2.36. The fraction of sp³-hybridized carbons (Fsp3) is 0.667. The van der Waals surface area contributed by atoms with Crippen LogP contribution in [-0.2, 0) is 0 Å². The molecule has 0 radical (unpaired) electrons. The summed E-state index contributed by atoms with van der Waals surface area (Å²) in [6.07, 6.45) is 8.81. The SMILES string of the molecule is CC(C)N1CC=CC(F)CC1.CC(C)N1CC=CC=C(F)C1. The number of halogens is 2. The van der Waals surface area contributed by atoms with Crippen LogP contribution in [0.5, 0.6) is 0 Å². The van der Waals surface area contributed by atoms with Crippen molar-refractivity contribution in [3.8, 4) is 0 Å². The highest BCUT2D eigenvalue weighted by atomic mass is 19.1. The van der Waals surface area contributed by atoms with E-state index in [1.54, 1.807) is 12.2 Å². The molecule has 0 N–H and O–H groups in total. The third kappa shape index (κ3) is 7.32. The predicted molar refractivity (Wildman–Crippen MR) is 90.4 cm³/mol. The topological polar surface area (TPSA) is 6.48 Å². The van der Waals surface area contributed by atoms with E-state index < -0.39 is 6.17 Å². The first-order valence-electron chi connectivity index (χ1n) is 8.20. The summed E-state index contributed by atoms with van der Waals surface area (Å²) in [4.78, 5) is 4.35. The first-order chi connectivity index (χ1) is 10.4. The van der Waals surface area contributed by atoms with Crippen molar-refractivity contribution >= 4 is 0 Å². The number of rotatable bonds is 2. The van der Waals surface area contributed by atoms with Crippen LogP contribution in [0.4, 0.5) is 8.78 Å². The van der Waals surface area contributed by atoms with Crippen LogP contribution in [0.1, 0.15) is 34.1 Å². The summed E-state index contributed by atoms with van der Waals surface area (Å²) >= 11 is 0. The summed E-state index contributed by atoms with van der Waals surface area (Å²) in [7, 11) is 0. The Morgan fingerprint density at radius 3 is 2.32 bits per heavy atom. The Bertz CT molecular complexity index is 400. The summed E-state index contributed by atoms with van der Waals surface area (Å²) in [5.41, 5.74) is 0. The Morgan fingerprint density at radius 2 is 1.68 bits per heavy atom. The van der Waals surface area contributed by atoms with E-state index in [2.05, 4.69) is 37.5 Å². The van der Waals surface area contributed by atoms with Crippen LogP contribution in [0.15, 0.2) is 36.2 Å². The molecule has 2 rings (SSSR count). The molecule has 4 heteroatoms. The van der Waals surface area contributed by atoms with Gasteiger partial charge < -0.3 is 0 Å². The van der Waals surface area contributed by atoms with Crippen molar-refractivity contribution in [3.05, 3.63) is 36.2 Å². The van der Waals surface area contributed by atoms with Gasteiger partial charge in [-0.3, -0.25) is 9.80 Å². The van der Waals surface area contributed by atoms with Gasteiger partial charge in [0.15, 0.2) is 0 Å². The van der Waals surface area contributed by atoms with Crippen molar-refractivity contribution in [2.45, 2.75) is 52.4 Å². The van der Waals surface area contributed by atoms with Gasteiger partial charge in [-0.25, -0.2) is 8.78 Å². The minimum Gasteiger partial charge on any atom is -0.297 e. The molecule has 2 nitrogen and oxygen atoms in total. The molecule has 0 amide bonds. The molecule has 126 valence electrons. The van der Waals surface area contributed by atoms with Crippen molar-refractivity contribution in [1.82, 2.24) is 9.80 Å². The van der Waals surface area contributed by atoms with Gasteiger partial charge in [-0.1, -0.05) is 24.3 Å². The van der Waals surface area contributed by atoms with E-state index in [4.69, 9.17) is 0 Å². The lowest BCUT2D eigenvalue weighted by molar-refractivity contribution is 0.229. The second-order valence-electron chi connectivity index (χ2n) is 6.39. The highest BCUT2D eigenvalue weighted by molar-refractivity contribution is 5.12. The van der Waals surface area contributed by atoms with Crippen molar-refractivity contribution in [2.75, 3.05) is 26.2 Å². The van der Waals surface area contributed by atoms with E-state index >= 15 is 0 Å². The molecule has 1 atom stereocenters. The van der Waals surface area contributed by atoms with E-state index in [0.717, 1.165) is 19.6 Å². The highest BCUT2D eigenvalue weighted by Gasteiger charge is 2.13. The van der Waals surface area contributed by atoms with Crippen molar-refractivity contribution in [1.29, 1.82) is 0 Å². The minimum absolute atomic E-state index is 0.0487. The normalized spacial score (nSPS) is 23.8. The Hall–Kier alpha value is -1.00. The molecule has 2 aliphatic heterocycles. The second-order valence-corrected chi connectivity index (χ2v) is 6.39. The largest absolute Gasteiger partial charge is 0.297 e. The molecule has 0 spiro atoms. The molecule has 0 fully saturated rings. The van der Waals surface area contributed by atoms with Crippen molar-refractivity contribution in [2.24, 2.45) is 0 Å². The zero-order valence-corrected chi connectivity index (χ0v) is 14.3. The molecule has 2 heterocycles. The number of allylic oxidation sites excluding steroid dienone is 3. The molecule has 0 aromatic rings. The second kappa shape index (κ2) is 9.90. The van der Waals surface area contributed by atoms with Crippen LogP contribution in [0, 0.1) is 0 Å². The van der Waals surface area contributed by atoms with Gasteiger partial charge in [0.1, 0.15) is 12.0 Å². The van der Waals surface area contributed by atoms with Gasteiger partial charge in [-0.2, -0.15) is 0 Å². The van der Waals surface area contributed by atoms with Crippen LogP contribution >= 0.6 is 0 Å². The monoisotopic (exact) mass is 312 g/mol. The van der Waals surface area contributed by atoms with Gasteiger partial charge in [0, 0.05) is 31.7 Å². The van der Waals surface area contributed by atoms with Gasteiger partial charge in [0.05, 0.1) is 6.54 Å². The predicted octanol–water partition coefficient (Wildman–Crippen LogP) is 4.11. The Morgan fingerprint density at radius 1 is 1.05 bits per heavy atom. The maximum atomic E-state index is 12.8. The zero-order valence-electron chi connectivity index (χ0n) is 14.3. The standard InChI is InChI=1S/C9H16FN.C9H14FN/c1-8(2)11-6-3-4-9(10)5-7-11;1-8(2)11-6-4-3-5-9(10)7-11/h3-4,8-9H,5-7H2,1-2H3;3-5,8H,6-7H2,1-2H3. The molecule has 0 saturated heterocycles. The number of nitrogens with zero attached hydrogens (tertiary/aromatic N) is 2. The molecule has 0 bridgehead atoms. The Kier molecular flexibility index (Phi) is 8.57. The van der Waals surface area contributed by atoms with Crippen molar-refractivity contribution < 1.29 is 8.78 Å². The lowest BCUT2D eigenvalue weighted by Gasteiger charge is -2.23. The maximum Gasteiger partial charge on any atom is 0.120 e. The van der Waals surface area contributed by atoms with Gasteiger partial charge in [-0.15, -0.1) is 0 Å². The Labute approximate surface area is 134 Å². The summed E-state index contributed by atoms with van der Waals surface area (Å²) in [5.74, 6) is -0.0487. The number of hydrogen-bond donors (Lipinski definition) is 0. The Balaban J connectivity index is 0.000000220. The van der Waals surface area contributed by atoms with E-state index in [1.807, 2.05) is 12.2 Å². The molecular weight excluding hydrogens is 282 g/mol. The first kappa shape index (κ1) is 19.0. The lowest BCUT2D eigenvalue weighted by atomic mass is 10.2. The van der Waals surface area contributed by atoms with Gasteiger partial charge in [-0.05, 0) is 40.2 Å². The lowest BCUT2D eigenvalue weighted by Crippen LogP contribution is -2.31. The van der Waals surface area contributed by atoms with E-state index in [0.29, 0.717) is 25.0 Å². The average molecular weight is 312 g/mol. The maximum absolute atomic E-state index is 12.8. The van der Waals surface area contributed by atoms with Crippen LogP contribution in [0.25, 0.3) is 0 Å². The molecule has 0 aliphatic carbocycles. The molecule has 0 aromatic carbocycles.